The first-order chi connectivity index (χ1) is 19.7. The number of hydrogen-bond donors (Lipinski definition) is 6. The van der Waals surface area contributed by atoms with E-state index in [1.165, 1.54) is 0 Å². The molecule has 5 atom stereocenters. The second-order valence-corrected chi connectivity index (χ2v) is 11.1. The van der Waals surface area contributed by atoms with E-state index in [1.807, 2.05) is 18.2 Å². The maximum Gasteiger partial charge on any atom is 0.181 e. The minimum atomic E-state index is -0.982. The van der Waals surface area contributed by atoms with Crippen LogP contribution in [0.1, 0.15) is 64.9 Å². The van der Waals surface area contributed by atoms with E-state index in [-0.39, 0.29) is 49.4 Å². The van der Waals surface area contributed by atoms with Gasteiger partial charge in [-0.05, 0) is 57.2 Å². The highest BCUT2D eigenvalue weighted by Gasteiger charge is 2.34. The molecule has 2 aliphatic rings. The minimum absolute atomic E-state index is 0.000225. The SMILES string of the molecule is CCCCC1O[C-](CCc2ccc(O)c(OC[C@H](O)[C+]3C=C([C@H](C)[C@H](CCCO)NC[C@H](C)O)C=N3)c2)C=C1CO. The predicted molar refractivity (Wildman–Crippen MR) is 160 cm³/mol. The number of aliphatic hydroxyl groups excluding tert-OH is 4. The molecule has 0 spiro atoms. The molecular weight excluding hydrogens is 524 g/mol. The van der Waals surface area contributed by atoms with Crippen molar-refractivity contribution in [3.63, 3.8) is 0 Å². The number of rotatable bonds is 19. The average Bonchev–Trinajstić information content (AvgIpc) is 3.62. The van der Waals surface area contributed by atoms with E-state index in [4.69, 9.17) is 9.47 Å². The number of aliphatic imine (C=N–C) groups is 1. The minimum Gasteiger partial charge on any atom is -0.504 e. The van der Waals surface area contributed by atoms with E-state index in [0.29, 0.717) is 31.8 Å². The number of phenolic OH excluding ortho intramolecular Hbond substituents is 1. The van der Waals surface area contributed by atoms with Gasteiger partial charge in [0.15, 0.2) is 29.9 Å². The van der Waals surface area contributed by atoms with E-state index >= 15 is 0 Å². The van der Waals surface area contributed by atoms with E-state index in [9.17, 15) is 25.5 Å². The molecule has 2 aliphatic heterocycles. The Morgan fingerprint density at radius 2 is 2.00 bits per heavy atom. The number of ether oxygens (including phenoxy) is 2. The van der Waals surface area contributed by atoms with Crippen LogP contribution in [-0.2, 0) is 11.2 Å². The first kappa shape index (κ1) is 33.0. The summed E-state index contributed by atoms with van der Waals surface area (Å²) in [5.74, 6) is 0.341. The summed E-state index contributed by atoms with van der Waals surface area (Å²) in [6, 6.07) is 5.73. The second-order valence-electron chi connectivity index (χ2n) is 11.1. The number of nitrogens with zero attached hydrogens (tertiary/aromatic N) is 1. The molecule has 1 aromatic carbocycles. The summed E-state index contributed by atoms with van der Waals surface area (Å²) in [7, 11) is 0. The van der Waals surface area contributed by atoms with Crippen molar-refractivity contribution in [1.29, 1.82) is 0 Å². The van der Waals surface area contributed by atoms with Gasteiger partial charge in [0.25, 0.3) is 0 Å². The molecule has 0 saturated carbocycles. The standard InChI is InChI=1S/C32H48N2O7/c1-4-5-8-31-25(19-36)15-26(41-31)11-9-23-10-12-29(38)32(14-23)40-20-30(39)28-16-24(18-34-28)22(3)27(7-6-13-35)33-17-21(2)37/h10,12,14-16,18,21-22,27,30-31,33,35-39H,4-9,11,13,17,19-20H2,1-3H3/t21-,22-,27-,30-,31?/m0/s1. The lowest BCUT2D eigenvalue weighted by Crippen LogP contribution is -2.40. The molecular formula is C32H48N2O7. The first-order valence-electron chi connectivity index (χ1n) is 14.9. The van der Waals surface area contributed by atoms with Crippen molar-refractivity contribution in [3.05, 3.63) is 59.2 Å². The van der Waals surface area contributed by atoms with Crippen molar-refractivity contribution in [2.24, 2.45) is 10.9 Å². The number of benzene rings is 1. The maximum absolute atomic E-state index is 10.8. The van der Waals surface area contributed by atoms with Crippen molar-refractivity contribution in [2.45, 2.75) is 90.1 Å². The molecule has 3 rings (SSSR count). The highest BCUT2D eigenvalue weighted by atomic mass is 16.5. The highest BCUT2D eigenvalue weighted by Crippen LogP contribution is 2.33. The summed E-state index contributed by atoms with van der Waals surface area (Å²) >= 11 is 0. The van der Waals surface area contributed by atoms with E-state index in [1.54, 1.807) is 25.3 Å². The normalized spacial score (nSPS) is 19.7. The van der Waals surface area contributed by atoms with Crippen molar-refractivity contribution in [1.82, 2.24) is 5.32 Å². The van der Waals surface area contributed by atoms with Gasteiger partial charge in [-0.15, -0.1) is 4.99 Å². The quantitative estimate of drug-likeness (QED) is 0.139. The van der Waals surface area contributed by atoms with E-state index in [2.05, 4.69) is 24.2 Å². The Morgan fingerprint density at radius 3 is 2.71 bits per heavy atom. The van der Waals surface area contributed by atoms with Crippen LogP contribution in [0.4, 0.5) is 0 Å². The molecule has 41 heavy (non-hydrogen) atoms. The molecule has 1 unspecified atom stereocenters. The van der Waals surface area contributed by atoms with Crippen molar-refractivity contribution in [3.8, 4) is 11.5 Å². The van der Waals surface area contributed by atoms with Crippen LogP contribution in [0.15, 0.2) is 46.5 Å². The van der Waals surface area contributed by atoms with Crippen molar-refractivity contribution >= 4 is 6.21 Å². The molecule has 0 saturated heterocycles. The fraction of sp³-hybridized carbons (Fsp3) is 0.594. The number of aryl methyl sites for hydroxylation is 1. The van der Waals surface area contributed by atoms with Crippen LogP contribution >= 0.6 is 0 Å². The molecule has 0 fully saturated rings. The highest BCUT2D eigenvalue weighted by molar-refractivity contribution is 5.84. The Bertz CT molecular complexity index is 1030. The van der Waals surface area contributed by atoms with Gasteiger partial charge in [0.1, 0.15) is 12.2 Å². The third-order valence-corrected chi connectivity index (χ3v) is 7.63. The molecule has 2 heterocycles. The van der Waals surface area contributed by atoms with Crippen molar-refractivity contribution < 1.29 is 35.0 Å². The number of nitrogens with one attached hydrogen (secondary N) is 1. The predicted octanol–water partition coefficient (Wildman–Crippen LogP) is 3.39. The van der Waals surface area contributed by atoms with Gasteiger partial charge in [-0.3, -0.25) is 0 Å². The van der Waals surface area contributed by atoms with Gasteiger partial charge in [-0.2, -0.15) is 11.6 Å². The monoisotopic (exact) mass is 572 g/mol. The molecule has 0 bridgehead atoms. The van der Waals surface area contributed by atoms with Crippen LogP contribution in [0, 0.1) is 18.1 Å². The number of aliphatic hydroxyl groups is 4. The van der Waals surface area contributed by atoms with E-state index in [0.717, 1.165) is 48.5 Å². The Labute approximate surface area is 244 Å². The summed E-state index contributed by atoms with van der Waals surface area (Å²) in [6.07, 6.45) is 10.7. The molecule has 0 aliphatic carbocycles. The third-order valence-electron chi connectivity index (χ3n) is 7.63. The zero-order valence-corrected chi connectivity index (χ0v) is 24.6. The van der Waals surface area contributed by atoms with Crippen LogP contribution in [0.2, 0.25) is 0 Å². The lowest BCUT2D eigenvalue weighted by Gasteiger charge is -2.24. The van der Waals surface area contributed by atoms with Gasteiger partial charge in [-0.25, -0.2) is 0 Å². The zero-order chi connectivity index (χ0) is 29.8. The summed E-state index contributed by atoms with van der Waals surface area (Å²) in [5, 5.41) is 53.1. The van der Waals surface area contributed by atoms with Gasteiger partial charge in [0, 0.05) is 31.9 Å². The van der Waals surface area contributed by atoms with Gasteiger partial charge >= 0.3 is 0 Å². The van der Waals surface area contributed by atoms with Crippen LogP contribution in [0.25, 0.3) is 0 Å². The number of hydrogen-bond acceptors (Lipinski definition) is 9. The molecule has 9 heteroatoms. The Hall–Kier alpha value is -2.53. The Kier molecular flexibility index (Phi) is 13.5. The lowest BCUT2D eigenvalue weighted by molar-refractivity contribution is 0.103. The van der Waals surface area contributed by atoms with Gasteiger partial charge in [0.2, 0.25) is 0 Å². The molecule has 0 aromatic heterocycles. The average molecular weight is 573 g/mol. The zero-order valence-electron chi connectivity index (χ0n) is 24.6. The smallest absolute Gasteiger partial charge is 0.181 e. The third kappa shape index (κ3) is 10.1. The van der Waals surface area contributed by atoms with Crippen LogP contribution in [0.5, 0.6) is 11.5 Å². The molecule has 9 nitrogen and oxygen atoms in total. The second kappa shape index (κ2) is 16.8. The summed E-state index contributed by atoms with van der Waals surface area (Å²) in [6.45, 7) is 6.40. The number of aromatic hydroxyl groups is 1. The molecule has 1 aromatic rings. The van der Waals surface area contributed by atoms with Crippen LogP contribution in [0.3, 0.4) is 0 Å². The van der Waals surface area contributed by atoms with E-state index < -0.39 is 12.2 Å². The van der Waals surface area contributed by atoms with Crippen LogP contribution < -0.4 is 10.1 Å². The largest absolute Gasteiger partial charge is 0.504 e. The summed E-state index contributed by atoms with van der Waals surface area (Å²) < 4.78 is 11.9. The van der Waals surface area contributed by atoms with Gasteiger partial charge in [0.05, 0.1) is 18.1 Å². The molecule has 228 valence electrons. The Morgan fingerprint density at radius 1 is 1.20 bits per heavy atom. The lowest BCUT2D eigenvalue weighted by atomic mass is 9.90. The molecule has 0 amide bonds. The molecule has 6 N–H and O–H groups in total. The topological polar surface area (TPSA) is 144 Å². The Balaban J connectivity index is 1.53. The first-order valence-corrected chi connectivity index (χ1v) is 14.9. The molecule has 0 radical (unpaired) electrons. The summed E-state index contributed by atoms with van der Waals surface area (Å²) in [4.78, 5) is 4.40. The van der Waals surface area contributed by atoms with Gasteiger partial charge in [-0.1, -0.05) is 38.4 Å². The van der Waals surface area contributed by atoms with Crippen LogP contribution in [-0.4, -0.2) is 82.5 Å². The number of phenols is 1. The fourth-order valence-corrected chi connectivity index (χ4v) is 5.08. The van der Waals surface area contributed by atoms with Gasteiger partial charge < -0.3 is 40.3 Å². The number of unbranched alkanes of at least 4 members (excludes halogenated alkanes) is 1. The van der Waals surface area contributed by atoms with Crippen molar-refractivity contribution in [2.75, 3.05) is 26.4 Å². The summed E-state index contributed by atoms with van der Waals surface area (Å²) in [5.41, 5.74) is 2.83. The maximum atomic E-state index is 10.8. The fourth-order valence-electron chi connectivity index (χ4n) is 5.08.